The Balaban J connectivity index is 2.46. The first kappa shape index (κ1) is 12.3. The summed E-state index contributed by atoms with van der Waals surface area (Å²) in [5.41, 5.74) is 1.32. The quantitative estimate of drug-likeness (QED) is 0.498. The van der Waals surface area contributed by atoms with Gasteiger partial charge in [0.25, 0.3) is 0 Å². The molecule has 5 nitrogen and oxygen atoms in total. The van der Waals surface area contributed by atoms with Gasteiger partial charge in [0.2, 0.25) is 0 Å². The maximum absolute atomic E-state index is 11.2. The summed E-state index contributed by atoms with van der Waals surface area (Å²) < 4.78 is 0. The molecular weight excluding hydrogens is 230 g/mol. The second-order valence-corrected chi connectivity index (χ2v) is 4.07. The van der Waals surface area contributed by atoms with Crippen molar-refractivity contribution >= 4 is 22.3 Å². The third-order valence-electron chi connectivity index (χ3n) is 2.78. The van der Waals surface area contributed by atoms with Crippen molar-refractivity contribution in [2.45, 2.75) is 19.8 Å². The average Bonchev–Trinajstić information content (AvgIpc) is 2.38. The van der Waals surface area contributed by atoms with Crippen molar-refractivity contribution in [2.75, 3.05) is 11.9 Å². The van der Waals surface area contributed by atoms with Gasteiger partial charge in [0.1, 0.15) is 5.69 Å². The summed E-state index contributed by atoms with van der Waals surface area (Å²) in [4.78, 5) is 15.0. The van der Waals surface area contributed by atoms with Crippen LogP contribution in [0.2, 0.25) is 0 Å². The van der Waals surface area contributed by atoms with Gasteiger partial charge in [-0.3, -0.25) is 15.1 Å². The SMILES string of the molecule is CCCCNc1ccc2ncccc2c1[N+](=O)[O-]. The highest BCUT2D eigenvalue weighted by atomic mass is 16.6. The Morgan fingerprint density at radius 3 is 2.94 bits per heavy atom. The number of nitro groups is 1. The molecule has 18 heavy (non-hydrogen) atoms. The van der Waals surface area contributed by atoms with E-state index in [4.69, 9.17) is 0 Å². The van der Waals surface area contributed by atoms with E-state index in [1.54, 1.807) is 30.5 Å². The van der Waals surface area contributed by atoms with Crippen LogP contribution < -0.4 is 5.32 Å². The molecule has 1 N–H and O–H groups in total. The average molecular weight is 245 g/mol. The predicted molar refractivity (Wildman–Crippen MR) is 71.8 cm³/mol. The fourth-order valence-corrected chi connectivity index (χ4v) is 1.88. The number of nitrogens with zero attached hydrogens (tertiary/aromatic N) is 2. The van der Waals surface area contributed by atoms with Gasteiger partial charge in [-0.2, -0.15) is 0 Å². The fourth-order valence-electron chi connectivity index (χ4n) is 1.88. The molecule has 0 fully saturated rings. The monoisotopic (exact) mass is 245 g/mol. The molecule has 0 radical (unpaired) electrons. The molecule has 0 amide bonds. The summed E-state index contributed by atoms with van der Waals surface area (Å²) in [5, 5.41) is 14.9. The number of aromatic nitrogens is 1. The molecule has 2 rings (SSSR count). The molecule has 0 saturated carbocycles. The van der Waals surface area contributed by atoms with Crippen molar-refractivity contribution in [1.29, 1.82) is 0 Å². The van der Waals surface area contributed by atoms with Gasteiger partial charge < -0.3 is 5.32 Å². The molecule has 1 heterocycles. The fraction of sp³-hybridized carbons (Fsp3) is 0.308. The molecule has 0 spiro atoms. The van der Waals surface area contributed by atoms with Crippen LogP contribution in [0.4, 0.5) is 11.4 Å². The molecule has 94 valence electrons. The minimum atomic E-state index is -0.349. The lowest BCUT2D eigenvalue weighted by atomic mass is 10.1. The topological polar surface area (TPSA) is 68.1 Å². The zero-order chi connectivity index (χ0) is 13.0. The van der Waals surface area contributed by atoms with Crippen LogP contribution in [0, 0.1) is 10.1 Å². The second-order valence-electron chi connectivity index (χ2n) is 4.07. The van der Waals surface area contributed by atoms with Crippen molar-refractivity contribution < 1.29 is 4.92 Å². The number of nitrogens with one attached hydrogen (secondary N) is 1. The first-order chi connectivity index (χ1) is 8.74. The molecule has 0 aliphatic carbocycles. The highest BCUT2D eigenvalue weighted by molar-refractivity contribution is 5.94. The summed E-state index contributed by atoms with van der Waals surface area (Å²) >= 11 is 0. The molecule has 0 atom stereocenters. The van der Waals surface area contributed by atoms with Crippen LogP contribution in [0.1, 0.15) is 19.8 Å². The standard InChI is InChI=1S/C13H15N3O2/c1-2-3-8-15-12-7-6-11-10(5-4-9-14-11)13(12)16(17)18/h4-7,9,15H,2-3,8H2,1H3. The van der Waals surface area contributed by atoms with E-state index in [0.717, 1.165) is 19.4 Å². The van der Waals surface area contributed by atoms with Gasteiger partial charge in [-0.05, 0) is 30.7 Å². The summed E-state index contributed by atoms with van der Waals surface area (Å²) in [5.74, 6) is 0. The van der Waals surface area contributed by atoms with Gasteiger partial charge in [-0.25, -0.2) is 0 Å². The lowest BCUT2D eigenvalue weighted by Crippen LogP contribution is -2.04. The van der Waals surface area contributed by atoms with Crippen molar-refractivity contribution in [3.63, 3.8) is 0 Å². The third-order valence-corrected chi connectivity index (χ3v) is 2.78. The van der Waals surface area contributed by atoms with Crippen molar-refractivity contribution in [1.82, 2.24) is 4.98 Å². The van der Waals surface area contributed by atoms with Crippen molar-refractivity contribution in [2.24, 2.45) is 0 Å². The molecule has 0 saturated heterocycles. The number of anilines is 1. The number of nitro benzene ring substituents is 1. The van der Waals surface area contributed by atoms with E-state index in [2.05, 4.69) is 17.2 Å². The van der Waals surface area contributed by atoms with Gasteiger partial charge in [0.05, 0.1) is 15.8 Å². The van der Waals surface area contributed by atoms with Gasteiger partial charge >= 0.3 is 5.69 Å². The lowest BCUT2D eigenvalue weighted by molar-refractivity contribution is -0.382. The number of rotatable bonds is 5. The van der Waals surface area contributed by atoms with E-state index < -0.39 is 0 Å². The Labute approximate surface area is 105 Å². The predicted octanol–water partition coefficient (Wildman–Crippen LogP) is 3.36. The molecule has 5 heteroatoms. The normalized spacial score (nSPS) is 10.5. The Hall–Kier alpha value is -2.17. The molecule has 0 bridgehead atoms. The van der Waals surface area contributed by atoms with Gasteiger partial charge in [0, 0.05) is 12.7 Å². The summed E-state index contributed by atoms with van der Waals surface area (Å²) in [6, 6.07) is 6.97. The van der Waals surface area contributed by atoms with E-state index in [9.17, 15) is 10.1 Å². The van der Waals surface area contributed by atoms with E-state index in [1.807, 2.05) is 0 Å². The van der Waals surface area contributed by atoms with Crippen LogP contribution in [0.15, 0.2) is 30.5 Å². The first-order valence-electron chi connectivity index (χ1n) is 6.00. The largest absolute Gasteiger partial charge is 0.379 e. The van der Waals surface area contributed by atoms with E-state index in [-0.39, 0.29) is 10.6 Å². The Kier molecular flexibility index (Phi) is 3.72. The van der Waals surface area contributed by atoms with Crippen LogP contribution in [-0.2, 0) is 0 Å². The van der Waals surface area contributed by atoms with Crippen LogP contribution in [-0.4, -0.2) is 16.5 Å². The van der Waals surface area contributed by atoms with Crippen LogP contribution >= 0.6 is 0 Å². The molecule has 2 aromatic rings. The molecule has 1 aromatic carbocycles. The van der Waals surface area contributed by atoms with Gasteiger partial charge in [-0.1, -0.05) is 13.3 Å². The van der Waals surface area contributed by atoms with Crippen molar-refractivity contribution in [3.05, 3.63) is 40.6 Å². The summed E-state index contributed by atoms with van der Waals surface area (Å²) in [6.07, 6.45) is 3.68. The number of fused-ring (bicyclic) bond motifs is 1. The smallest absolute Gasteiger partial charge is 0.301 e. The van der Waals surface area contributed by atoms with E-state index >= 15 is 0 Å². The minimum Gasteiger partial charge on any atom is -0.379 e. The third kappa shape index (κ3) is 2.40. The van der Waals surface area contributed by atoms with E-state index in [1.165, 1.54) is 0 Å². The van der Waals surface area contributed by atoms with Crippen molar-refractivity contribution in [3.8, 4) is 0 Å². The second kappa shape index (κ2) is 5.44. The Bertz CT molecular complexity index is 569. The molecule has 0 aliphatic heterocycles. The summed E-state index contributed by atoms with van der Waals surface area (Å²) in [7, 11) is 0. The van der Waals surface area contributed by atoms with Gasteiger partial charge in [-0.15, -0.1) is 0 Å². The first-order valence-corrected chi connectivity index (χ1v) is 6.00. The highest BCUT2D eigenvalue weighted by Gasteiger charge is 2.18. The molecular formula is C13H15N3O2. The zero-order valence-electron chi connectivity index (χ0n) is 10.2. The lowest BCUT2D eigenvalue weighted by Gasteiger charge is -2.08. The Morgan fingerprint density at radius 2 is 2.22 bits per heavy atom. The van der Waals surface area contributed by atoms with Crippen LogP contribution in [0.25, 0.3) is 10.9 Å². The van der Waals surface area contributed by atoms with Gasteiger partial charge in [0.15, 0.2) is 0 Å². The molecule has 0 aliphatic rings. The number of benzene rings is 1. The maximum atomic E-state index is 11.2. The number of unbranched alkanes of at least 4 members (excludes halogenated alkanes) is 1. The maximum Gasteiger partial charge on any atom is 0.301 e. The highest BCUT2D eigenvalue weighted by Crippen LogP contribution is 2.32. The van der Waals surface area contributed by atoms with Crippen LogP contribution in [0.3, 0.4) is 0 Å². The number of hydrogen-bond donors (Lipinski definition) is 1. The van der Waals surface area contributed by atoms with Crippen LogP contribution in [0.5, 0.6) is 0 Å². The molecule has 0 unspecified atom stereocenters. The summed E-state index contributed by atoms with van der Waals surface area (Å²) in [6.45, 7) is 2.82. The zero-order valence-corrected chi connectivity index (χ0v) is 10.2. The number of pyridine rings is 1. The molecule has 1 aromatic heterocycles. The Morgan fingerprint density at radius 1 is 1.39 bits per heavy atom. The minimum absolute atomic E-state index is 0.108. The van der Waals surface area contributed by atoms with E-state index in [0.29, 0.717) is 16.6 Å². The number of hydrogen-bond acceptors (Lipinski definition) is 4.